The molecular formula is C12H14O. The van der Waals surface area contributed by atoms with Crippen LogP contribution in [0.2, 0.25) is 0 Å². The lowest BCUT2D eigenvalue weighted by molar-refractivity contribution is 0.200. The Hall–Kier alpha value is -1.08. The van der Waals surface area contributed by atoms with Crippen LogP contribution >= 0.6 is 0 Å². The summed E-state index contributed by atoms with van der Waals surface area (Å²) in [6.45, 7) is 0. The number of hydrogen-bond donors (Lipinski definition) is 1. The van der Waals surface area contributed by atoms with Crippen LogP contribution in [0, 0.1) is 5.92 Å². The monoisotopic (exact) mass is 174 g/mol. The Balaban J connectivity index is 1.96. The van der Waals surface area contributed by atoms with Crippen LogP contribution in [-0.2, 0) is 0 Å². The summed E-state index contributed by atoms with van der Waals surface area (Å²) in [4.78, 5) is 0. The minimum Gasteiger partial charge on any atom is -0.389 e. The molecule has 1 atom stereocenters. The zero-order valence-electron chi connectivity index (χ0n) is 7.56. The highest BCUT2D eigenvalue weighted by atomic mass is 16.3. The lowest BCUT2D eigenvalue weighted by atomic mass is 10.1. The average Bonchev–Trinajstić information content (AvgIpc) is 2.99. The van der Waals surface area contributed by atoms with Gasteiger partial charge < -0.3 is 5.11 Å². The molecule has 1 nitrogen and oxygen atoms in total. The molecule has 0 amide bonds. The van der Waals surface area contributed by atoms with Crippen LogP contribution in [-0.4, -0.2) is 11.2 Å². The Morgan fingerprint density at radius 3 is 2.54 bits per heavy atom. The highest BCUT2D eigenvalue weighted by Gasteiger charge is 2.27. The number of aliphatic hydroxyl groups excluding tert-OH is 1. The number of benzene rings is 1. The van der Waals surface area contributed by atoms with Crippen LogP contribution in [0.3, 0.4) is 0 Å². The number of rotatable bonds is 3. The topological polar surface area (TPSA) is 20.2 Å². The van der Waals surface area contributed by atoms with Gasteiger partial charge in [0.1, 0.15) is 0 Å². The van der Waals surface area contributed by atoms with Crippen molar-refractivity contribution in [3.63, 3.8) is 0 Å². The normalized spacial score (nSPS) is 19.2. The van der Waals surface area contributed by atoms with E-state index in [-0.39, 0.29) is 6.10 Å². The third kappa shape index (κ3) is 2.43. The molecule has 1 fully saturated rings. The Morgan fingerprint density at radius 2 is 1.92 bits per heavy atom. The zero-order valence-corrected chi connectivity index (χ0v) is 7.56. The zero-order chi connectivity index (χ0) is 9.10. The molecule has 1 aromatic rings. The molecule has 13 heavy (non-hydrogen) atoms. The van der Waals surface area contributed by atoms with Gasteiger partial charge in [-0.3, -0.25) is 0 Å². The van der Waals surface area contributed by atoms with Crippen molar-refractivity contribution >= 4 is 6.08 Å². The lowest BCUT2D eigenvalue weighted by Gasteiger charge is -2.00. The van der Waals surface area contributed by atoms with Crippen LogP contribution in [0.25, 0.3) is 6.08 Å². The Labute approximate surface area is 78.7 Å². The van der Waals surface area contributed by atoms with Gasteiger partial charge in [-0.15, -0.1) is 0 Å². The number of aliphatic hydroxyl groups is 1. The van der Waals surface area contributed by atoms with Gasteiger partial charge in [-0.2, -0.15) is 0 Å². The van der Waals surface area contributed by atoms with Crippen LogP contribution in [0.4, 0.5) is 0 Å². The van der Waals surface area contributed by atoms with Crippen LogP contribution < -0.4 is 0 Å². The van der Waals surface area contributed by atoms with Crippen molar-refractivity contribution in [2.75, 3.05) is 0 Å². The van der Waals surface area contributed by atoms with E-state index < -0.39 is 0 Å². The fourth-order valence-corrected chi connectivity index (χ4v) is 1.37. The van der Waals surface area contributed by atoms with Crippen molar-refractivity contribution in [3.8, 4) is 0 Å². The predicted octanol–water partition coefficient (Wildman–Crippen LogP) is 2.47. The first-order valence-corrected chi connectivity index (χ1v) is 4.77. The minimum absolute atomic E-state index is 0.236. The highest BCUT2D eigenvalue weighted by Crippen LogP contribution is 2.33. The maximum Gasteiger partial charge on any atom is 0.0752 e. The summed E-state index contributed by atoms with van der Waals surface area (Å²) in [5.41, 5.74) is 1.15. The second-order valence-electron chi connectivity index (χ2n) is 3.60. The highest BCUT2D eigenvalue weighted by molar-refractivity contribution is 5.49. The maximum absolute atomic E-state index is 9.56. The van der Waals surface area contributed by atoms with Crippen molar-refractivity contribution in [1.82, 2.24) is 0 Å². The largest absolute Gasteiger partial charge is 0.389 e. The van der Waals surface area contributed by atoms with Gasteiger partial charge in [-0.05, 0) is 24.3 Å². The first-order chi connectivity index (χ1) is 6.36. The Kier molecular flexibility index (Phi) is 2.46. The van der Waals surface area contributed by atoms with E-state index in [9.17, 15) is 5.11 Å². The SMILES string of the molecule is OC(C=Cc1ccccc1)C1CC1. The van der Waals surface area contributed by atoms with Gasteiger partial charge in [-0.1, -0.05) is 42.5 Å². The van der Waals surface area contributed by atoms with Gasteiger partial charge in [0.25, 0.3) is 0 Å². The summed E-state index contributed by atoms with van der Waals surface area (Å²) < 4.78 is 0. The third-order valence-electron chi connectivity index (χ3n) is 2.39. The second kappa shape index (κ2) is 3.75. The molecule has 0 aromatic heterocycles. The van der Waals surface area contributed by atoms with Gasteiger partial charge >= 0.3 is 0 Å². The van der Waals surface area contributed by atoms with Crippen LogP contribution in [0.15, 0.2) is 36.4 Å². The Morgan fingerprint density at radius 1 is 1.23 bits per heavy atom. The molecular weight excluding hydrogens is 160 g/mol. The molecule has 0 saturated heterocycles. The molecule has 0 aliphatic heterocycles. The third-order valence-corrected chi connectivity index (χ3v) is 2.39. The molecule has 1 heteroatoms. The van der Waals surface area contributed by atoms with E-state index >= 15 is 0 Å². The fourth-order valence-electron chi connectivity index (χ4n) is 1.37. The van der Waals surface area contributed by atoms with E-state index in [1.807, 2.05) is 42.5 Å². The van der Waals surface area contributed by atoms with E-state index in [4.69, 9.17) is 0 Å². The molecule has 0 bridgehead atoms. The van der Waals surface area contributed by atoms with E-state index in [1.165, 1.54) is 12.8 Å². The molecule has 1 unspecified atom stereocenters. The van der Waals surface area contributed by atoms with E-state index in [2.05, 4.69) is 0 Å². The van der Waals surface area contributed by atoms with Crippen molar-refractivity contribution < 1.29 is 5.11 Å². The maximum atomic E-state index is 9.56. The smallest absolute Gasteiger partial charge is 0.0752 e. The van der Waals surface area contributed by atoms with Crippen molar-refractivity contribution in [2.45, 2.75) is 18.9 Å². The minimum atomic E-state index is -0.236. The molecule has 1 aliphatic carbocycles. The molecule has 68 valence electrons. The molecule has 0 radical (unpaired) electrons. The standard InChI is InChI=1S/C12H14O/c13-12(11-7-8-11)9-6-10-4-2-1-3-5-10/h1-6,9,11-13H,7-8H2. The molecule has 1 aromatic carbocycles. The van der Waals surface area contributed by atoms with Crippen molar-refractivity contribution in [2.24, 2.45) is 5.92 Å². The second-order valence-corrected chi connectivity index (χ2v) is 3.60. The Bertz CT molecular complexity index is 285. The van der Waals surface area contributed by atoms with Crippen LogP contribution in [0.5, 0.6) is 0 Å². The number of hydrogen-bond acceptors (Lipinski definition) is 1. The summed E-state index contributed by atoms with van der Waals surface area (Å²) in [7, 11) is 0. The molecule has 0 heterocycles. The first kappa shape index (κ1) is 8.52. The first-order valence-electron chi connectivity index (χ1n) is 4.77. The van der Waals surface area contributed by atoms with Gasteiger partial charge in [0.2, 0.25) is 0 Å². The van der Waals surface area contributed by atoms with Gasteiger partial charge in [0.05, 0.1) is 6.10 Å². The molecule has 1 saturated carbocycles. The fraction of sp³-hybridized carbons (Fsp3) is 0.333. The van der Waals surface area contributed by atoms with Gasteiger partial charge in [0, 0.05) is 0 Å². The van der Waals surface area contributed by atoms with Gasteiger partial charge in [0.15, 0.2) is 0 Å². The lowest BCUT2D eigenvalue weighted by Crippen LogP contribution is -2.03. The quantitative estimate of drug-likeness (QED) is 0.746. The van der Waals surface area contributed by atoms with E-state index in [0.29, 0.717) is 5.92 Å². The van der Waals surface area contributed by atoms with E-state index in [0.717, 1.165) is 5.56 Å². The van der Waals surface area contributed by atoms with Crippen LogP contribution in [0.1, 0.15) is 18.4 Å². The molecule has 0 spiro atoms. The summed E-state index contributed by atoms with van der Waals surface area (Å²) in [5, 5.41) is 9.56. The van der Waals surface area contributed by atoms with Gasteiger partial charge in [-0.25, -0.2) is 0 Å². The summed E-state index contributed by atoms with van der Waals surface area (Å²) >= 11 is 0. The molecule has 1 aliphatic rings. The molecule has 2 rings (SSSR count). The van der Waals surface area contributed by atoms with Crippen molar-refractivity contribution in [1.29, 1.82) is 0 Å². The average molecular weight is 174 g/mol. The summed E-state index contributed by atoms with van der Waals surface area (Å²) in [6, 6.07) is 10.1. The molecule has 1 N–H and O–H groups in total. The van der Waals surface area contributed by atoms with E-state index in [1.54, 1.807) is 0 Å². The predicted molar refractivity (Wildman–Crippen MR) is 54.2 cm³/mol. The summed E-state index contributed by atoms with van der Waals surface area (Å²) in [6.07, 6.45) is 6.01. The van der Waals surface area contributed by atoms with Crippen molar-refractivity contribution in [3.05, 3.63) is 42.0 Å². The summed E-state index contributed by atoms with van der Waals surface area (Å²) in [5.74, 6) is 0.528.